The van der Waals surface area contributed by atoms with Gasteiger partial charge in [0.1, 0.15) is 5.82 Å². The summed E-state index contributed by atoms with van der Waals surface area (Å²) < 4.78 is 19.3. The van der Waals surface area contributed by atoms with Crippen LogP contribution in [0.25, 0.3) is 0 Å². The molecule has 0 unspecified atom stereocenters. The molecule has 3 nitrogen and oxygen atoms in total. The molecule has 23 heavy (non-hydrogen) atoms. The normalized spacial score (nSPS) is 14.9. The van der Waals surface area contributed by atoms with Crippen molar-refractivity contribution in [3.8, 4) is 11.5 Å². The SMILES string of the molecule is O=C(c1ccc(F)c(Br)c1)c1cccc(OC2CCCC2)c1O. The van der Waals surface area contributed by atoms with Gasteiger partial charge < -0.3 is 9.84 Å². The van der Waals surface area contributed by atoms with Crippen LogP contribution in [-0.2, 0) is 0 Å². The van der Waals surface area contributed by atoms with E-state index in [-0.39, 0.29) is 27.7 Å². The summed E-state index contributed by atoms with van der Waals surface area (Å²) in [5.74, 6) is -0.655. The number of aromatic hydroxyl groups is 1. The number of ketones is 1. The molecule has 0 atom stereocenters. The summed E-state index contributed by atoms with van der Waals surface area (Å²) in [6.45, 7) is 0. The first-order chi connectivity index (χ1) is 11.1. The lowest BCUT2D eigenvalue weighted by Gasteiger charge is -2.15. The van der Waals surface area contributed by atoms with Crippen molar-refractivity contribution < 1.29 is 19.0 Å². The maximum absolute atomic E-state index is 13.3. The van der Waals surface area contributed by atoms with Gasteiger partial charge in [0.15, 0.2) is 17.3 Å². The zero-order chi connectivity index (χ0) is 16.4. The van der Waals surface area contributed by atoms with E-state index in [2.05, 4.69) is 15.9 Å². The van der Waals surface area contributed by atoms with Gasteiger partial charge in [0.2, 0.25) is 0 Å². The third-order valence-corrected chi connectivity index (χ3v) is 4.63. The van der Waals surface area contributed by atoms with Crippen LogP contribution in [0.5, 0.6) is 11.5 Å². The van der Waals surface area contributed by atoms with E-state index in [0.29, 0.717) is 11.3 Å². The van der Waals surface area contributed by atoms with Crippen LogP contribution in [0.3, 0.4) is 0 Å². The number of halogens is 2. The van der Waals surface area contributed by atoms with E-state index in [1.807, 2.05) is 0 Å². The highest BCUT2D eigenvalue weighted by Crippen LogP contribution is 2.34. The van der Waals surface area contributed by atoms with Gasteiger partial charge in [-0.15, -0.1) is 0 Å². The summed E-state index contributed by atoms with van der Waals surface area (Å²) in [7, 11) is 0. The summed E-state index contributed by atoms with van der Waals surface area (Å²) in [5.41, 5.74) is 0.450. The predicted octanol–water partition coefficient (Wildman–Crippen LogP) is 4.85. The van der Waals surface area contributed by atoms with Crippen molar-refractivity contribution >= 4 is 21.7 Å². The molecule has 1 saturated carbocycles. The van der Waals surface area contributed by atoms with Crippen molar-refractivity contribution in [2.24, 2.45) is 0 Å². The Hall–Kier alpha value is -1.88. The summed E-state index contributed by atoms with van der Waals surface area (Å²) >= 11 is 3.06. The van der Waals surface area contributed by atoms with Gasteiger partial charge in [0, 0.05) is 5.56 Å². The second-order valence-electron chi connectivity index (χ2n) is 5.63. The number of para-hydroxylation sites is 1. The number of hydrogen-bond acceptors (Lipinski definition) is 3. The molecular formula is C18H16BrFO3. The fourth-order valence-corrected chi connectivity index (χ4v) is 3.16. The lowest BCUT2D eigenvalue weighted by atomic mass is 10.0. The molecule has 0 heterocycles. The molecular weight excluding hydrogens is 363 g/mol. The van der Waals surface area contributed by atoms with Crippen LogP contribution in [0, 0.1) is 5.82 Å². The highest BCUT2D eigenvalue weighted by molar-refractivity contribution is 9.10. The minimum Gasteiger partial charge on any atom is -0.504 e. The summed E-state index contributed by atoms with van der Waals surface area (Å²) in [5, 5.41) is 10.4. The highest BCUT2D eigenvalue weighted by atomic mass is 79.9. The van der Waals surface area contributed by atoms with Crippen molar-refractivity contribution in [3.63, 3.8) is 0 Å². The summed E-state index contributed by atoms with van der Waals surface area (Å²) in [4.78, 5) is 12.6. The van der Waals surface area contributed by atoms with Crippen molar-refractivity contribution in [2.75, 3.05) is 0 Å². The first-order valence-electron chi connectivity index (χ1n) is 7.54. The molecule has 1 aliphatic carbocycles. The molecule has 0 amide bonds. The van der Waals surface area contributed by atoms with Gasteiger partial charge in [-0.1, -0.05) is 6.07 Å². The Morgan fingerprint density at radius 1 is 1.22 bits per heavy atom. The number of phenols is 1. The largest absolute Gasteiger partial charge is 0.504 e. The molecule has 0 bridgehead atoms. The standard InChI is InChI=1S/C18H16BrFO3/c19-14-10-11(8-9-15(14)20)17(21)13-6-3-7-16(18(13)22)23-12-4-1-2-5-12/h3,6-10,12,22H,1-2,4-5H2. The molecule has 0 spiro atoms. The van der Waals surface area contributed by atoms with Crippen LogP contribution < -0.4 is 4.74 Å². The molecule has 0 radical (unpaired) electrons. The first-order valence-corrected chi connectivity index (χ1v) is 8.34. The molecule has 2 aromatic rings. The lowest BCUT2D eigenvalue weighted by molar-refractivity contribution is 0.103. The smallest absolute Gasteiger partial charge is 0.196 e. The van der Waals surface area contributed by atoms with Crippen molar-refractivity contribution in [1.82, 2.24) is 0 Å². The lowest BCUT2D eigenvalue weighted by Crippen LogP contribution is -2.12. The van der Waals surface area contributed by atoms with Gasteiger partial charge in [-0.3, -0.25) is 4.79 Å². The Morgan fingerprint density at radius 2 is 1.96 bits per heavy atom. The molecule has 0 aliphatic heterocycles. The Balaban J connectivity index is 1.89. The predicted molar refractivity (Wildman–Crippen MR) is 88.5 cm³/mol. The second kappa shape index (κ2) is 6.71. The second-order valence-corrected chi connectivity index (χ2v) is 6.49. The van der Waals surface area contributed by atoms with Crippen LogP contribution in [-0.4, -0.2) is 17.0 Å². The summed E-state index contributed by atoms with van der Waals surface area (Å²) in [6, 6.07) is 8.89. The van der Waals surface area contributed by atoms with E-state index in [1.54, 1.807) is 12.1 Å². The molecule has 1 fully saturated rings. The van der Waals surface area contributed by atoms with Crippen LogP contribution in [0.2, 0.25) is 0 Å². The quantitative estimate of drug-likeness (QED) is 0.773. The van der Waals surface area contributed by atoms with Crippen LogP contribution >= 0.6 is 15.9 Å². The third kappa shape index (κ3) is 3.39. The molecule has 3 rings (SSSR count). The maximum Gasteiger partial charge on any atom is 0.196 e. The van der Waals surface area contributed by atoms with Crippen LogP contribution in [0.1, 0.15) is 41.6 Å². The van der Waals surface area contributed by atoms with E-state index in [9.17, 15) is 14.3 Å². The van der Waals surface area contributed by atoms with E-state index in [4.69, 9.17) is 4.74 Å². The zero-order valence-corrected chi connectivity index (χ0v) is 14.0. The maximum atomic E-state index is 13.3. The minimum absolute atomic E-state index is 0.0891. The zero-order valence-electron chi connectivity index (χ0n) is 12.4. The molecule has 0 aromatic heterocycles. The number of carbonyl (C=O) groups is 1. The Bertz CT molecular complexity index is 739. The molecule has 2 aromatic carbocycles. The monoisotopic (exact) mass is 378 g/mol. The highest BCUT2D eigenvalue weighted by Gasteiger charge is 2.21. The van der Waals surface area contributed by atoms with Gasteiger partial charge in [-0.2, -0.15) is 0 Å². The number of ether oxygens (including phenoxy) is 1. The van der Waals surface area contributed by atoms with Gasteiger partial charge in [-0.25, -0.2) is 4.39 Å². The number of phenolic OH excluding ortho intramolecular Hbond substituents is 1. The van der Waals surface area contributed by atoms with Crippen molar-refractivity contribution in [2.45, 2.75) is 31.8 Å². The number of carbonyl (C=O) groups excluding carboxylic acids is 1. The molecule has 0 saturated heterocycles. The van der Waals surface area contributed by atoms with Crippen LogP contribution in [0.15, 0.2) is 40.9 Å². The van der Waals surface area contributed by atoms with E-state index >= 15 is 0 Å². The molecule has 1 N–H and O–H groups in total. The Morgan fingerprint density at radius 3 is 2.65 bits per heavy atom. The Kier molecular flexibility index (Phi) is 4.66. The average Bonchev–Trinajstić information content (AvgIpc) is 3.04. The Labute approximate surface area is 142 Å². The average molecular weight is 379 g/mol. The molecule has 5 heteroatoms. The fraction of sp³-hybridized carbons (Fsp3) is 0.278. The summed E-state index contributed by atoms with van der Waals surface area (Å²) in [6.07, 6.45) is 4.25. The van der Waals surface area contributed by atoms with Gasteiger partial charge in [0.25, 0.3) is 0 Å². The van der Waals surface area contributed by atoms with Gasteiger partial charge in [0.05, 0.1) is 16.1 Å². The molecule has 120 valence electrons. The van der Waals surface area contributed by atoms with Crippen molar-refractivity contribution in [3.05, 3.63) is 57.8 Å². The third-order valence-electron chi connectivity index (χ3n) is 4.02. The number of hydrogen-bond donors (Lipinski definition) is 1. The van der Waals surface area contributed by atoms with Crippen molar-refractivity contribution in [1.29, 1.82) is 0 Å². The van der Waals surface area contributed by atoms with E-state index in [1.165, 1.54) is 24.3 Å². The van der Waals surface area contributed by atoms with E-state index < -0.39 is 5.82 Å². The first kappa shape index (κ1) is 16.0. The minimum atomic E-state index is -0.441. The fourth-order valence-electron chi connectivity index (χ4n) is 2.78. The van der Waals surface area contributed by atoms with Gasteiger partial charge >= 0.3 is 0 Å². The van der Waals surface area contributed by atoms with Gasteiger partial charge in [-0.05, 0) is 71.9 Å². The molecule has 1 aliphatic rings. The van der Waals surface area contributed by atoms with Crippen LogP contribution in [0.4, 0.5) is 4.39 Å². The van der Waals surface area contributed by atoms with E-state index in [0.717, 1.165) is 25.7 Å². The number of benzene rings is 2. The number of rotatable bonds is 4. The topological polar surface area (TPSA) is 46.5 Å².